The molecule has 0 bridgehead atoms. The summed E-state index contributed by atoms with van der Waals surface area (Å²) in [5.41, 5.74) is 7.29. The lowest BCUT2D eigenvalue weighted by Gasteiger charge is -2.15. The van der Waals surface area contributed by atoms with Crippen LogP contribution in [0.1, 0.15) is 24.0 Å². The summed E-state index contributed by atoms with van der Waals surface area (Å²) < 4.78 is 29.1. The lowest BCUT2D eigenvalue weighted by atomic mass is 10.0. The lowest BCUT2D eigenvalue weighted by Crippen LogP contribution is -2.25. The van der Waals surface area contributed by atoms with Crippen LogP contribution in [0.3, 0.4) is 0 Å². The fourth-order valence-corrected chi connectivity index (χ4v) is 1.83. The van der Waals surface area contributed by atoms with Crippen molar-refractivity contribution in [3.05, 3.63) is 29.3 Å². The first-order valence-corrected chi connectivity index (χ1v) is 5.32. The van der Waals surface area contributed by atoms with Crippen molar-refractivity contribution in [2.75, 3.05) is 0 Å². The number of ether oxygens (including phenoxy) is 1. The molecule has 1 aromatic carbocycles. The number of nitrogens with two attached hydrogens (primary N) is 1. The van der Waals surface area contributed by atoms with Gasteiger partial charge in [-0.2, -0.15) is 8.78 Å². The zero-order valence-corrected chi connectivity index (χ0v) is 9.17. The SMILES string of the molecule is Cc1cccc(CC2(N)CC2)c1OC(F)F. The van der Waals surface area contributed by atoms with Crippen LogP contribution in [0.4, 0.5) is 8.78 Å². The smallest absolute Gasteiger partial charge is 0.387 e. The van der Waals surface area contributed by atoms with E-state index in [0.717, 1.165) is 24.0 Å². The Morgan fingerprint density at radius 3 is 2.69 bits per heavy atom. The summed E-state index contributed by atoms with van der Waals surface area (Å²) >= 11 is 0. The minimum Gasteiger partial charge on any atom is -0.434 e. The molecule has 1 aliphatic rings. The molecule has 88 valence electrons. The van der Waals surface area contributed by atoms with Gasteiger partial charge in [0, 0.05) is 5.54 Å². The van der Waals surface area contributed by atoms with Crippen LogP contribution in [0.15, 0.2) is 18.2 Å². The van der Waals surface area contributed by atoms with E-state index in [2.05, 4.69) is 4.74 Å². The molecule has 1 saturated carbocycles. The van der Waals surface area contributed by atoms with Gasteiger partial charge < -0.3 is 10.5 Å². The van der Waals surface area contributed by atoms with Gasteiger partial charge in [0.1, 0.15) is 5.75 Å². The molecule has 0 aromatic heterocycles. The third-order valence-electron chi connectivity index (χ3n) is 2.94. The molecule has 1 fully saturated rings. The van der Waals surface area contributed by atoms with Crippen LogP contribution in [0, 0.1) is 6.92 Å². The van der Waals surface area contributed by atoms with Gasteiger partial charge in [-0.3, -0.25) is 0 Å². The molecular formula is C12H15F2NO. The topological polar surface area (TPSA) is 35.2 Å². The second-order valence-corrected chi connectivity index (χ2v) is 4.48. The normalized spacial score (nSPS) is 17.6. The van der Waals surface area contributed by atoms with Gasteiger partial charge in [0.05, 0.1) is 0 Å². The van der Waals surface area contributed by atoms with E-state index in [0.29, 0.717) is 6.42 Å². The van der Waals surface area contributed by atoms with Gasteiger partial charge in [-0.25, -0.2) is 0 Å². The molecule has 1 aromatic rings. The highest BCUT2D eigenvalue weighted by Crippen LogP contribution is 2.38. The number of hydrogen-bond donors (Lipinski definition) is 1. The van der Waals surface area contributed by atoms with E-state index in [1.165, 1.54) is 0 Å². The maximum Gasteiger partial charge on any atom is 0.387 e. The Labute approximate surface area is 93.4 Å². The zero-order valence-electron chi connectivity index (χ0n) is 9.17. The first-order valence-electron chi connectivity index (χ1n) is 5.32. The number of hydrogen-bond acceptors (Lipinski definition) is 2. The highest BCUT2D eigenvalue weighted by molar-refractivity contribution is 5.42. The number of halogens is 2. The van der Waals surface area contributed by atoms with Gasteiger partial charge in [0.25, 0.3) is 0 Å². The van der Waals surface area contributed by atoms with Crippen molar-refractivity contribution in [1.82, 2.24) is 0 Å². The van der Waals surface area contributed by atoms with Crippen LogP contribution in [-0.2, 0) is 6.42 Å². The predicted molar refractivity (Wildman–Crippen MR) is 57.7 cm³/mol. The van der Waals surface area contributed by atoms with Crippen LogP contribution in [0.2, 0.25) is 0 Å². The summed E-state index contributed by atoms with van der Waals surface area (Å²) in [4.78, 5) is 0. The Kier molecular flexibility index (Phi) is 2.84. The number of rotatable bonds is 4. The summed E-state index contributed by atoms with van der Waals surface area (Å²) in [7, 11) is 0. The molecule has 1 aliphatic carbocycles. The highest BCUT2D eigenvalue weighted by Gasteiger charge is 2.38. The fraction of sp³-hybridized carbons (Fsp3) is 0.500. The van der Waals surface area contributed by atoms with E-state index in [4.69, 9.17) is 5.73 Å². The Morgan fingerprint density at radius 2 is 2.12 bits per heavy atom. The molecule has 16 heavy (non-hydrogen) atoms. The van der Waals surface area contributed by atoms with Gasteiger partial charge >= 0.3 is 6.61 Å². The largest absolute Gasteiger partial charge is 0.434 e. The second-order valence-electron chi connectivity index (χ2n) is 4.48. The van der Waals surface area contributed by atoms with E-state index in [1.807, 2.05) is 6.07 Å². The van der Waals surface area contributed by atoms with E-state index in [9.17, 15) is 8.78 Å². The molecular weight excluding hydrogens is 212 g/mol. The van der Waals surface area contributed by atoms with Crippen molar-refractivity contribution < 1.29 is 13.5 Å². The molecule has 4 heteroatoms. The van der Waals surface area contributed by atoms with E-state index in [1.54, 1.807) is 19.1 Å². The minimum absolute atomic E-state index is 0.200. The summed E-state index contributed by atoms with van der Waals surface area (Å²) in [5, 5.41) is 0. The van der Waals surface area contributed by atoms with Crippen LogP contribution in [-0.4, -0.2) is 12.2 Å². The quantitative estimate of drug-likeness (QED) is 0.858. The maximum atomic E-state index is 12.3. The van der Waals surface area contributed by atoms with E-state index < -0.39 is 6.61 Å². The first kappa shape index (κ1) is 11.3. The Balaban J connectivity index is 2.24. The minimum atomic E-state index is -2.78. The van der Waals surface area contributed by atoms with Gasteiger partial charge in [0.2, 0.25) is 0 Å². The van der Waals surface area contributed by atoms with Gasteiger partial charge in [-0.05, 0) is 37.3 Å². The van der Waals surface area contributed by atoms with Crippen LogP contribution >= 0.6 is 0 Å². The van der Waals surface area contributed by atoms with Crippen molar-refractivity contribution in [2.24, 2.45) is 5.73 Å². The first-order chi connectivity index (χ1) is 7.50. The summed E-state index contributed by atoms with van der Waals surface area (Å²) in [5.74, 6) is 0.286. The molecule has 2 N–H and O–H groups in total. The van der Waals surface area contributed by atoms with Crippen molar-refractivity contribution >= 4 is 0 Å². The van der Waals surface area contributed by atoms with Crippen molar-refractivity contribution in [3.8, 4) is 5.75 Å². The maximum absolute atomic E-state index is 12.3. The predicted octanol–water partition coefficient (Wildman–Crippen LogP) is 2.63. The summed E-state index contributed by atoms with van der Waals surface area (Å²) in [6.07, 6.45) is 2.51. The molecule has 0 aliphatic heterocycles. The van der Waals surface area contributed by atoms with Crippen LogP contribution < -0.4 is 10.5 Å². The average molecular weight is 227 g/mol. The number of aryl methyl sites for hydroxylation is 1. The van der Waals surface area contributed by atoms with Crippen molar-refractivity contribution in [2.45, 2.75) is 38.3 Å². The van der Waals surface area contributed by atoms with Crippen LogP contribution in [0.5, 0.6) is 5.75 Å². The summed E-state index contributed by atoms with van der Waals surface area (Å²) in [6.45, 7) is -1.02. The third-order valence-corrected chi connectivity index (χ3v) is 2.94. The highest BCUT2D eigenvalue weighted by atomic mass is 19.3. The molecule has 0 radical (unpaired) electrons. The van der Waals surface area contributed by atoms with Crippen LogP contribution in [0.25, 0.3) is 0 Å². The van der Waals surface area contributed by atoms with Gasteiger partial charge in [-0.15, -0.1) is 0 Å². The monoisotopic (exact) mass is 227 g/mol. The fourth-order valence-electron chi connectivity index (χ4n) is 1.83. The molecule has 0 amide bonds. The third kappa shape index (κ3) is 2.50. The Morgan fingerprint density at radius 1 is 1.44 bits per heavy atom. The molecule has 0 heterocycles. The number of para-hydroxylation sites is 1. The van der Waals surface area contributed by atoms with Crippen molar-refractivity contribution in [1.29, 1.82) is 0 Å². The molecule has 0 saturated heterocycles. The zero-order chi connectivity index (χ0) is 11.8. The summed E-state index contributed by atoms with van der Waals surface area (Å²) in [6, 6.07) is 5.41. The molecule has 0 atom stereocenters. The molecule has 2 nitrogen and oxygen atoms in total. The van der Waals surface area contributed by atoms with Gasteiger partial charge in [0.15, 0.2) is 0 Å². The van der Waals surface area contributed by atoms with E-state index >= 15 is 0 Å². The number of benzene rings is 1. The van der Waals surface area contributed by atoms with Crippen molar-refractivity contribution in [3.63, 3.8) is 0 Å². The lowest BCUT2D eigenvalue weighted by molar-refractivity contribution is -0.0509. The Bertz CT molecular complexity index is 389. The molecule has 0 unspecified atom stereocenters. The van der Waals surface area contributed by atoms with Gasteiger partial charge in [-0.1, -0.05) is 18.2 Å². The second kappa shape index (κ2) is 4.01. The standard InChI is InChI=1S/C12H15F2NO/c1-8-3-2-4-9(7-12(15)5-6-12)10(8)16-11(13)14/h2-4,11H,5-7,15H2,1H3. The van der Waals surface area contributed by atoms with E-state index in [-0.39, 0.29) is 11.3 Å². The number of alkyl halides is 2. The molecule has 0 spiro atoms. The average Bonchev–Trinajstić information content (AvgIpc) is 2.89. The molecule has 2 rings (SSSR count). The Hall–Kier alpha value is -1.16.